The molecule has 2 rings (SSSR count). The number of hydrogen-bond acceptors (Lipinski definition) is 2. The number of aryl methyl sites for hydroxylation is 2. The van der Waals surface area contributed by atoms with Gasteiger partial charge in [-0.25, -0.2) is 0 Å². The predicted octanol–water partition coefficient (Wildman–Crippen LogP) is 1.18. The Kier molecular flexibility index (Phi) is 4.15. The topological polar surface area (TPSA) is 55.1 Å². The molecule has 0 bridgehead atoms. The van der Waals surface area contributed by atoms with Crippen molar-refractivity contribution < 1.29 is 4.79 Å². The lowest BCUT2D eigenvalue weighted by atomic mass is 10.0. The fourth-order valence-corrected chi connectivity index (χ4v) is 2.31. The van der Waals surface area contributed by atoms with Crippen molar-refractivity contribution in [1.82, 2.24) is 5.32 Å². The van der Waals surface area contributed by atoms with Crippen LogP contribution >= 0.6 is 0 Å². The van der Waals surface area contributed by atoms with E-state index in [0.717, 1.165) is 18.4 Å². The molecule has 0 atom stereocenters. The van der Waals surface area contributed by atoms with E-state index in [1.807, 2.05) is 0 Å². The van der Waals surface area contributed by atoms with Gasteiger partial charge in [-0.1, -0.05) is 18.2 Å². The molecule has 0 radical (unpaired) electrons. The highest BCUT2D eigenvalue weighted by molar-refractivity contribution is 5.78. The number of carbonyl (C=O) groups is 1. The molecule has 0 saturated carbocycles. The van der Waals surface area contributed by atoms with Crippen LogP contribution in [0.5, 0.6) is 0 Å². The Hall–Kier alpha value is -1.35. The summed E-state index contributed by atoms with van der Waals surface area (Å²) in [7, 11) is 0. The zero-order valence-electron chi connectivity index (χ0n) is 10.2. The number of nitrogens with one attached hydrogen (secondary N) is 1. The van der Waals surface area contributed by atoms with Crippen molar-refractivity contribution >= 4 is 5.91 Å². The van der Waals surface area contributed by atoms with Gasteiger partial charge in [0.25, 0.3) is 0 Å². The van der Waals surface area contributed by atoms with E-state index in [4.69, 9.17) is 5.73 Å². The molecule has 0 saturated heterocycles. The number of hydrogen-bond donors (Lipinski definition) is 2. The summed E-state index contributed by atoms with van der Waals surface area (Å²) < 4.78 is 0. The molecule has 0 fully saturated rings. The fourth-order valence-electron chi connectivity index (χ4n) is 2.31. The lowest BCUT2D eigenvalue weighted by Gasteiger charge is -2.06. The highest BCUT2D eigenvalue weighted by Gasteiger charge is 2.11. The molecule has 92 valence electrons. The first-order chi connectivity index (χ1) is 8.29. The molecule has 0 unspecified atom stereocenters. The van der Waals surface area contributed by atoms with Crippen LogP contribution in [0, 0.1) is 0 Å². The van der Waals surface area contributed by atoms with Crippen LogP contribution < -0.4 is 11.1 Å². The van der Waals surface area contributed by atoms with Gasteiger partial charge >= 0.3 is 0 Å². The van der Waals surface area contributed by atoms with Gasteiger partial charge in [-0.05, 0) is 48.9 Å². The van der Waals surface area contributed by atoms with Crippen LogP contribution in [-0.4, -0.2) is 19.0 Å². The Balaban J connectivity index is 1.88. The summed E-state index contributed by atoms with van der Waals surface area (Å²) in [4.78, 5) is 11.6. The smallest absolute Gasteiger partial charge is 0.224 e. The van der Waals surface area contributed by atoms with Gasteiger partial charge in [0.15, 0.2) is 0 Å². The molecule has 3 N–H and O–H groups in total. The Labute approximate surface area is 102 Å². The van der Waals surface area contributed by atoms with Crippen molar-refractivity contribution in [3.8, 4) is 0 Å². The molecule has 1 aliphatic rings. The molecule has 0 spiro atoms. The van der Waals surface area contributed by atoms with Gasteiger partial charge in [0.05, 0.1) is 6.42 Å². The maximum absolute atomic E-state index is 11.6. The summed E-state index contributed by atoms with van der Waals surface area (Å²) in [5.41, 5.74) is 9.38. The van der Waals surface area contributed by atoms with Crippen molar-refractivity contribution in [2.45, 2.75) is 32.1 Å². The predicted molar refractivity (Wildman–Crippen MR) is 68.9 cm³/mol. The van der Waals surface area contributed by atoms with Crippen LogP contribution in [-0.2, 0) is 24.1 Å². The lowest BCUT2D eigenvalue weighted by molar-refractivity contribution is -0.120. The minimum absolute atomic E-state index is 0.0939. The molecule has 0 heterocycles. The van der Waals surface area contributed by atoms with Gasteiger partial charge in [-0.3, -0.25) is 4.79 Å². The standard InChI is InChI=1S/C14H20N2O/c15-7-2-8-16-14(17)10-11-5-6-12-3-1-4-13(12)9-11/h5-6,9H,1-4,7-8,10,15H2,(H,16,17). The highest BCUT2D eigenvalue weighted by Crippen LogP contribution is 2.22. The van der Waals surface area contributed by atoms with E-state index in [0.29, 0.717) is 19.5 Å². The van der Waals surface area contributed by atoms with E-state index in [1.54, 1.807) is 0 Å². The van der Waals surface area contributed by atoms with Crippen LogP contribution in [0.1, 0.15) is 29.5 Å². The maximum Gasteiger partial charge on any atom is 0.224 e. The van der Waals surface area contributed by atoms with Gasteiger partial charge in [0.2, 0.25) is 5.91 Å². The number of rotatable bonds is 5. The van der Waals surface area contributed by atoms with Crippen molar-refractivity contribution in [2.24, 2.45) is 5.73 Å². The summed E-state index contributed by atoms with van der Waals surface area (Å²) >= 11 is 0. The van der Waals surface area contributed by atoms with Crippen LogP contribution in [0.4, 0.5) is 0 Å². The van der Waals surface area contributed by atoms with E-state index < -0.39 is 0 Å². The van der Waals surface area contributed by atoms with Gasteiger partial charge in [-0.2, -0.15) is 0 Å². The first-order valence-electron chi connectivity index (χ1n) is 6.37. The molecule has 1 aromatic rings. The first-order valence-corrected chi connectivity index (χ1v) is 6.37. The zero-order valence-corrected chi connectivity index (χ0v) is 10.2. The summed E-state index contributed by atoms with van der Waals surface area (Å²) in [6.07, 6.45) is 4.94. The Morgan fingerprint density at radius 3 is 2.94 bits per heavy atom. The Morgan fingerprint density at radius 2 is 2.12 bits per heavy atom. The van der Waals surface area contributed by atoms with E-state index >= 15 is 0 Å². The lowest BCUT2D eigenvalue weighted by Crippen LogP contribution is -2.27. The van der Waals surface area contributed by atoms with Crippen molar-refractivity contribution in [2.75, 3.05) is 13.1 Å². The average molecular weight is 232 g/mol. The molecular weight excluding hydrogens is 212 g/mol. The third-order valence-corrected chi connectivity index (χ3v) is 3.23. The largest absolute Gasteiger partial charge is 0.356 e. The van der Waals surface area contributed by atoms with Crippen molar-refractivity contribution in [1.29, 1.82) is 0 Å². The van der Waals surface area contributed by atoms with Crippen LogP contribution in [0.15, 0.2) is 18.2 Å². The summed E-state index contributed by atoms with van der Waals surface area (Å²) in [6, 6.07) is 6.43. The number of benzene rings is 1. The number of amides is 1. The van der Waals surface area contributed by atoms with Crippen LogP contribution in [0.3, 0.4) is 0 Å². The molecule has 0 aliphatic heterocycles. The minimum atomic E-state index is 0.0939. The third kappa shape index (κ3) is 3.30. The Morgan fingerprint density at radius 1 is 1.29 bits per heavy atom. The van der Waals surface area contributed by atoms with E-state index in [2.05, 4.69) is 23.5 Å². The van der Waals surface area contributed by atoms with Gasteiger partial charge < -0.3 is 11.1 Å². The van der Waals surface area contributed by atoms with Crippen LogP contribution in [0.2, 0.25) is 0 Å². The van der Waals surface area contributed by atoms with Gasteiger partial charge in [0, 0.05) is 6.54 Å². The summed E-state index contributed by atoms with van der Waals surface area (Å²) in [5.74, 6) is 0.0939. The molecule has 1 amide bonds. The third-order valence-electron chi connectivity index (χ3n) is 3.23. The normalized spacial score (nSPS) is 13.5. The number of nitrogens with two attached hydrogens (primary N) is 1. The van der Waals surface area contributed by atoms with Gasteiger partial charge in [-0.15, -0.1) is 0 Å². The maximum atomic E-state index is 11.6. The molecular formula is C14H20N2O. The fraction of sp³-hybridized carbons (Fsp3) is 0.500. The summed E-state index contributed by atoms with van der Waals surface area (Å²) in [5, 5.41) is 2.88. The SMILES string of the molecule is NCCCNC(=O)Cc1ccc2c(c1)CCC2. The van der Waals surface area contributed by atoms with E-state index in [9.17, 15) is 4.79 Å². The quantitative estimate of drug-likeness (QED) is 0.749. The summed E-state index contributed by atoms with van der Waals surface area (Å²) in [6.45, 7) is 1.30. The first kappa shape index (κ1) is 12.1. The van der Waals surface area contributed by atoms with E-state index in [1.165, 1.54) is 24.0 Å². The average Bonchev–Trinajstić information content (AvgIpc) is 2.76. The number of fused-ring (bicyclic) bond motifs is 1. The molecule has 1 aliphatic carbocycles. The molecule has 17 heavy (non-hydrogen) atoms. The van der Waals surface area contributed by atoms with E-state index in [-0.39, 0.29) is 5.91 Å². The second-order valence-corrected chi connectivity index (χ2v) is 4.63. The number of carbonyl (C=O) groups excluding carboxylic acids is 1. The minimum Gasteiger partial charge on any atom is -0.356 e. The van der Waals surface area contributed by atoms with Crippen molar-refractivity contribution in [3.05, 3.63) is 34.9 Å². The monoisotopic (exact) mass is 232 g/mol. The molecule has 1 aromatic carbocycles. The van der Waals surface area contributed by atoms with Crippen LogP contribution in [0.25, 0.3) is 0 Å². The van der Waals surface area contributed by atoms with Crippen molar-refractivity contribution in [3.63, 3.8) is 0 Å². The second-order valence-electron chi connectivity index (χ2n) is 4.63. The molecule has 3 nitrogen and oxygen atoms in total. The zero-order chi connectivity index (χ0) is 12.1. The Bertz CT molecular complexity index is 401. The second kappa shape index (κ2) is 5.82. The molecule has 3 heteroatoms. The molecule has 0 aromatic heterocycles. The highest BCUT2D eigenvalue weighted by atomic mass is 16.1. The van der Waals surface area contributed by atoms with Gasteiger partial charge in [0.1, 0.15) is 0 Å².